The van der Waals surface area contributed by atoms with Gasteiger partial charge < -0.3 is 0 Å². The summed E-state index contributed by atoms with van der Waals surface area (Å²) in [6.07, 6.45) is 0. The van der Waals surface area contributed by atoms with Crippen LogP contribution in [0, 0.1) is 27.7 Å². The molecule has 3 rings (SSSR count). The van der Waals surface area contributed by atoms with Crippen LogP contribution in [0.15, 0.2) is 16.9 Å². The third kappa shape index (κ3) is 2.60. The standard InChI is InChI=1S/C17H18N4O2S/c1-8-6-7-9(2)14-13(8)18-17(24-14)19-15(22)12-10(3)11(4)20-21(5)16(12)23/h6-7H,1-5H3,(H,18,19,22). The van der Waals surface area contributed by atoms with Gasteiger partial charge in [-0.1, -0.05) is 23.5 Å². The van der Waals surface area contributed by atoms with Crippen molar-refractivity contribution in [3.8, 4) is 0 Å². The zero-order chi connectivity index (χ0) is 17.6. The Hall–Kier alpha value is -2.54. The number of fused-ring (bicyclic) bond motifs is 1. The highest BCUT2D eigenvalue weighted by molar-refractivity contribution is 7.22. The summed E-state index contributed by atoms with van der Waals surface area (Å²) in [5.41, 5.74) is 3.98. The van der Waals surface area contributed by atoms with Crippen molar-refractivity contribution in [3.63, 3.8) is 0 Å². The number of hydrogen-bond donors (Lipinski definition) is 1. The van der Waals surface area contributed by atoms with Gasteiger partial charge in [0.2, 0.25) is 0 Å². The molecule has 0 aliphatic heterocycles. The molecule has 0 fully saturated rings. The summed E-state index contributed by atoms with van der Waals surface area (Å²) >= 11 is 1.41. The van der Waals surface area contributed by atoms with Gasteiger partial charge in [-0.25, -0.2) is 9.67 Å². The molecule has 0 unspecified atom stereocenters. The molecular weight excluding hydrogens is 324 g/mol. The van der Waals surface area contributed by atoms with Crippen molar-refractivity contribution in [2.75, 3.05) is 5.32 Å². The highest BCUT2D eigenvalue weighted by Gasteiger charge is 2.19. The largest absolute Gasteiger partial charge is 0.298 e. The van der Waals surface area contributed by atoms with Crippen molar-refractivity contribution in [1.29, 1.82) is 0 Å². The molecule has 124 valence electrons. The Morgan fingerprint density at radius 1 is 1.17 bits per heavy atom. The van der Waals surface area contributed by atoms with E-state index in [9.17, 15) is 9.59 Å². The normalized spacial score (nSPS) is 11.0. The smallest absolute Gasteiger partial charge is 0.279 e. The average molecular weight is 342 g/mol. The number of aryl methyl sites for hydroxylation is 4. The SMILES string of the molecule is Cc1nn(C)c(=O)c(C(=O)Nc2nc3c(C)ccc(C)c3s2)c1C. The summed E-state index contributed by atoms with van der Waals surface area (Å²) in [6.45, 7) is 7.50. The van der Waals surface area contributed by atoms with Crippen molar-refractivity contribution in [1.82, 2.24) is 14.8 Å². The fourth-order valence-corrected chi connectivity index (χ4v) is 3.59. The first kappa shape index (κ1) is 16.3. The summed E-state index contributed by atoms with van der Waals surface area (Å²) < 4.78 is 2.23. The van der Waals surface area contributed by atoms with Gasteiger partial charge in [-0.15, -0.1) is 0 Å². The Morgan fingerprint density at radius 2 is 1.83 bits per heavy atom. The number of amides is 1. The van der Waals surface area contributed by atoms with Gasteiger partial charge in [-0.3, -0.25) is 14.9 Å². The lowest BCUT2D eigenvalue weighted by Gasteiger charge is -2.08. The molecule has 2 aromatic heterocycles. The van der Waals surface area contributed by atoms with Crippen LogP contribution in [0.5, 0.6) is 0 Å². The van der Waals surface area contributed by atoms with Crippen LogP contribution in [0.25, 0.3) is 10.2 Å². The van der Waals surface area contributed by atoms with Crippen LogP contribution in [0.2, 0.25) is 0 Å². The first-order valence-corrected chi connectivity index (χ1v) is 8.34. The molecule has 0 atom stereocenters. The van der Waals surface area contributed by atoms with E-state index in [-0.39, 0.29) is 5.56 Å². The number of nitrogens with one attached hydrogen (secondary N) is 1. The van der Waals surface area contributed by atoms with Gasteiger partial charge in [-0.2, -0.15) is 5.10 Å². The van der Waals surface area contributed by atoms with Gasteiger partial charge in [0.05, 0.1) is 15.9 Å². The second-order valence-corrected chi connectivity index (χ2v) is 6.86. The number of thiazole rings is 1. The van der Waals surface area contributed by atoms with E-state index in [1.807, 2.05) is 26.0 Å². The van der Waals surface area contributed by atoms with Crippen LogP contribution < -0.4 is 10.9 Å². The fourth-order valence-electron chi connectivity index (χ4n) is 2.59. The van der Waals surface area contributed by atoms with Crippen LogP contribution in [-0.4, -0.2) is 20.7 Å². The van der Waals surface area contributed by atoms with Gasteiger partial charge in [-0.05, 0) is 44.4 Å². The molecule has 0 spiro atoms. The van der Waals surface area contributed by atoms with Gasteiger partial charge in [0, 0.05) is 7.05 Å². The predicted octanol–water partition coefficient (Wildman–Crippen LogP) is 2.88. The van der Waals surface area contributed by atoms with Crippen molar-refractivity contribution < 1.29 is 4.79 Å². The van der Waals surface area contributed by atoms with E-state index in [1.165, 1.54) is 23.1 Å². The van der Waals surface area contributed by atoms with Crippen LogP contribution in [0.4, 0.5) is 5.13 Å². The number of carbonyl (C=O) groups is 1. The van der Waals surface area contributed by atoms with Gasteiger partial charge in [0.15, 0.2) is 5.13 Å². The number of anilines is 1. The first-order chi connectivity index (χ1) is 11.3. The number of carbonyl (C=O) groups excluding carboxylic acids is 1. The van der Waals surface area contributed by atoms with Crippen molar-refractivity contribution >= 4 is 32.6 Å². The summed E-state index contributed by atoms with van der Waals surface area (Å²) in [7, 11) is 1.54. The lowest BCUT2D eigenvalue weighted by molar-refractivity contribution is 0.102. The number of benzene rings is 1. The molecule has 24 heavy (non-hydrogen) atoms. The Morgan fingerprint density at radius 3 is 2.50 bits per heavy atom. The van der Waals surface area contributed by atoms with E-state index < -0.39 is 11.5 Å². The summed E-state index contributed by atoms with van der Waals surface area (Å²) in [4.78, 5) is 29.4. The number of aromatic nitrogens is 3. The lowest BCUT2D eigenvalue weighted by atomic mass is 10.1. The van der Waals surface area contributed by atoms with Gasteiger partial charge in [0.25, 0.3) is 11.5 Å². The van der Waals surface area contributed by atoms with Crippen LogP contribution in [0.3, 0.4) is 0 Å². The second-order valence-electron chi connectivity index (χ2n) is 5.86. The topological polar surface area (TPSA) is 76.9 Å². The van der Waals surface area contributed by atoms with E-state index in [2.05, 4.69) is 15.4 Å². The van der Waals surface area contributed by atoms with E-state index in [4.69, 9.17) is 0 Å². The third-order valence-electron chi connectivity index (χ3n) is 4.12. The molecular formula is C17H18N4O2S. The van der Waals surface area contributed by atoms with Gasteiger partial charge in [0.1, 0.15) is 5.56 Å². The van der Waals surface area contributed by atoms with E-state index in [0.717, 1.165) is 21.3 Å². The molecule has 7 heteroatoms. The molecule has 3 aromatic rings. The van der Waals surface area contributed by atoms with Gasteiger partial charge >= 0.3 is 0 Å². The summed E-state index contributed by atoms with van der Waals surface area (Å²) in [5, 5.41) is 7.35. The monoisotopic (exact) mass is 342 g/mol. The van der Waals surface area contributed by atoms with E-state index in [0.29, 0.717) is 16.4 Å². The molecule has 0 saturated carbocycles. The maximum atomic E-state index is 12.6. The van der Waals surface area contributed by atoms with Crippen molar-refractivity contribution in [3.05, 3.63) is 50.4 Å². The molecule has 0 radical (unpaired) electrons. The maximum absolute atomic E-state index is 12.6. The summed E-state index contributed by atoms with van der Waals surface area (Å²) in [6, 6.07) is 4.04. The Labute approximate surface area is 143 Å². The fraction of sp³-hybridized carbons (Fsp3) is 0.294. The number of rotatable bonds is 2. The molecule has 0 aliphatic carbocycles. The Balaban J connectivity index is 2.04. The third-order valence-corrected chi connectivity index (χ3v) is 5.22. The Bertz CT molecular complexity index is 994. The molecule has 1 amide bonds. The number of hydrogen-bond acceptors (Lipinski definition) is 5. The summed E-state index contributed by atoms with van der Waals surface area (Å²) in [5.74, 6) is -0.451. The maximum Gasteiger partial charge on any atom is 0.279 e. The number of nitrogens with zero attached hydrogens (tertiary/aromatic N) is 3. The lowest BCUT2D eigenvalue weighted by Crippen LogP contribution is -2.31. The van der Waals surface area contributed by atoms with E-state index >= 15 is 0 Å². The van der Waals surface area contributed by atoms with Crippen LogP contribution in [-0.2, 0) is 7.05 Å². The van der Waals surface area contributed by atoms with Crippen molar-refractivity contribution in [2.24, 2.45) is 7.05 Å². The molecule has 6 nitrogen and oxygen atoms in total. The van der Waals surface area contributed by atoms with Crippen molar-refractivity contribution in [2.45, 2.75) is 27.7 Å². The predicted molar refractivity (Wildman–Crippen MR) is 96.0 cm³/mol. The molecule has 1 aromatic carbocycles. The zero-order valence-corrected chi connectivity index (χ0v) is 15.0. The highest BCUT2D eigenvalue weighted by atomic mass is 32.1. The minimum Gasteiger partial charge on any atom is -0.298 e. The Kier molecular flexibility index (Phi) is 3.96. The molecule has 0 aliphatic rings. The minimum atomic E-state index is -0.451. The molecule has 1 N–H and O–H groups in total. The first-order valence-electron chi connectivity index (χ1n) is 7.52. The second kappa shape index (κ2) is 5.83. The molecule has 2 heterocycles. The average Bonchev–Trinajstić information content (AvgIpc) is 2.94. The van der Waals surface area contributed by atoms with E-state index in [1.54, 1.807) is 13.8 Å². The van der Waals surface area contributed by atoms with Crippen LogP contribution in [0.1, 0.15) is 32.7 Å². The zero-order valence-electron chi connectivity index (χ0n) is 14.2. The quantitative estimate of drug-likeness (QED) is 0.777. The molecule has 0 bridgehead atoms. The minimum absolute atomic E-state index is 0.109. The molecule has 0 saturated heterocycles. The van der Waals surface area contributed by atoms with Crippen LogP contribution >= 0.6 is 11.3 Å². The highest BCUT2D eigenvalue weighted by Crippen LogP contribution is 2.31.